The molecular weight excluding hydrogens is 304 g/mol. The second-order valence-electron chi connectivity index (χ2n) is 6.05. The molecule has 7 heteroatoms. The summed E-state index contributed by atoms with van der Waals surface area (Å²) >= 11 is 0. The fourth-order valence-electron chi connectivity index (χ4n) is 2.68. The number of hydrogen-bond acceptors (Lipinski definition) is 5. The van der Waals surface area contributed by atoms with Crippen molar-refractivity contribution in [1.29, 1.82) is 0 Å². The first-order chi connectivity index (χ1) is 10.3. The molecule has 6 nitrogen and oxygen atoms in total. The van der Waals surface area contributed by atoms with E-state index in [0.29, 0.717) is 12.3 Å². The molecule has 0 saturated carbocycles. The van der Waals surface area contributed by atoms with Crippen LogP contribution in [0.5, 0.6) is 0 Å². The lowest BCUT2D eigenvalue weighted by atomic mass is 10.0. The highest BCUT2D eigenvalue weighted by Crippen LogP contribution is 2.21. The summed E-state index contributed by atoms with van der Waals surface area (Å²) in [6, 6.07) is 3.63. The van der Waals surface area contributed by atoms with Crippen molar-refractivity contribution < 1.29 is 17.6 Å². The highest BCUT2D eigenvalue weighted by Gasteiger charge is 2.34. The topological polar surface area (TPSA) is 70.8 Å². The minimum absolute atomic E-state index is 0.0537. The smallest absolute Gasteiger partial charge is 0.241 e. The molecule has 0 aromatic carbocycles. The van der Waals surface area contributed by atoms with Crippen LogP contribution < -0.4 is 0 Å². The molecule has 1 aromatic heterocycles. The molecule has 1 aliphatic rings. The summed E-state index contributed by atoms with van der Waals surface area (Å²) in [5.41, 5.74) is 0. The number of likely N-dealkylation sites (tertiary alicyclic amines) is 1. The van der Waals surface area contributed by atoms with Crippen LogP contribution in [0, 0.1) is 0 Å². The molecular formula is C15H24N2O4S. The van der Waals surface area contributed by atoms with Crippen LogP contribution in [0.3, 0.4) is 0 Å². The average molecular weight is 328 g/mol. The molecule has 1 aliphatic heterocycles. The largest absolute Gasteiger partial charge is 0.467 e. The molecule has 0 N–H and O–H groups in total. The molecule has 0 radical (unpaired) electrons. The van der Waals surface area contributed by atoms with E-state index in [1.807, 2.05) is 7.05 Å². The summed E-state index contributed by atoms with van der Waals surface area (Å²) in [6.07, 6.45) is 4.36. The number of rotatable bonds is 5. The van der Waals surface area contributed by atoms with Gasteiger partial charge in [-0.15, -0.1) is 0 Å². The Morgan fingerprint density at radius 3 is 2.59 bits per heavy atom. The van der Waals surface area contributed by atoms with E-state index in [1.54, 1.807) is 23.3 Å². The number of carbonyl (C=O) groups is 1. The Balaban J connectivity index is 2.19. The lowest BCUT2D eigenvalue weighted by molar-refractivity contribution is -0.134. The summed E-state index contributed by atoms with van der Waals surface area (Å²) in [4.78, 5) is 16.6. The van der Waals surface area contributed by atoms with Crippen LogP contribution >= 0.6 is 0 Å². The van der Waals surface area contributed by atoms with Gasteiger partial charge in [-0.25, -0.2) is 8.42 Å². The fourth-order valence-corrected chi connectivity index (χ4v) is 3.18. The van der Waals surface area contributed by atoms with Gasteiger partial charge >= 0.3 is 0 Å². The van der Waals surface area contributed by atoms with Gasteiger partial charge in [-0.2, -0.15) is 0 Å². The van der Waals surface area contributed by atoms with E-state index in [4.69, 9.17) is 4.42 Å². The lowest BCUT2D eigenvalue weighted by Crippen LogP contribution is -2.50. The molecule has 2 rings (SSSR count). The van der Waals surface area contributed by atoms with E-state index in [2.05, 4.69) is 4.90 Å². The van der Waals surface area contributed by atoms with Crippen molar-refractivity contribution in [3.05, 3.63) is 24.2 Å². The standard InChI is InChI=1S/C15H24N2O4S/c1-12(22(3,19)20)15(18)17(11-14-5-4-10-21-14)13-6-8-16(2)9-7-13/h4-5,10,12-13H,6-9,11H2,1-3H3/t12-/m1/s1. The van der Waals surface area contributed by atoms with Crippen LogP contribution in [0.25, 0.3) is 0 Å². The first-order valence-electron chi connectivity index (χ1n) is 7.49. The summed E-state index contributed by atoms with van der Waals surface area (Å²) in [5, 5.41) is -1.03. The number of carbonyl (C=O) groups excluding carboxylic acids is 1. The summed E-state index contributed by atoms with van der Waals surface area (Å²) in [5.74, 6) is 0.335. The number of nitrogens with zero attached hydrogens (tertiary/aromatic N) is 2. The maximum absolute atomic E-state index is 12.7. The van der Waals surface area contributed by atoms with Gasteiger partial charge in [-0.05, 0) is 52.0 Å². The number of sulfone groups is 1. The Kier molecular flexibility index (Phi) is 5.28. The SMILES string of the molecule is C[C@H](C(=O)N(Cc1ccco1)C1CCN(C)CC1)S(C)(=O)=O. The first kappa shape index (κ1) is 17.0. The van der Waals surface area contributed by atoms with Gasteiger partial charge in [0.25, 0.3) is 0 Å². The maximum atomic E-state index is 12.7. The van der Waals surface area contributed by atoms with Crippen LogP contribution in [0.1, 0.15) is 25.5 Å². The Morgan fingerprint density at radius 1 is 1.45 bits per heavy atom. The number of furan rings is 1. The van der Waals surface area contributed by atoms with Crippen LogP contribution in [0.2, 0.25) is 0 Å². The fraction of sp³-hybridized carbons (Fsp3) is 0.667. The zero-order chi connectivity index (χ0) is 16.3. The van der Waals surface area contributed by atoms with Gasteiger partial charge in [0.1, 0.15) is 11.0 Å². The van der Waals surface area contributed by atoms with Gasteiger partial charge in [0, 0.05) is 12.3 Å². The first-order valence-corrected chi connectivity index (χ1v) is 9.44. The third kappa shape index (κ3) is 4.10. The predicted octanol–water partition coefficient (Wildman–Crippen LogP) is 1.14. The minimum Gasteiger partial charge on any atom is -0.467 e. The van der Waals surface area contributed by atoms with E-state index >= 15 is 0 Å². The molecule has 0 aliphatic carbocycles. The second kappa shape index (κ2) is 6.83. The van der Waals surface area contributed by atoms with Crippen LogP contribution in [0.15, 0.2) is 22.8 Å². The normalized spacial score (nSPS) is 19.0. The van der Waals surface area contributed by atoms with Crippen molar-refractivity contribution >= 4 is 15.7 Å². The number of amides is 1. The molecule has 1 saturated heterocycles. The number of piperidine rings is 1. The van der Waals surface area contributed by atoms with Crippen molar-refractivity contribution in [2.45, 2.75) is 37.6 Å². The Labute approximate surface area is 132 Å². The van der Waals surface area contributed by atoms with Crippen molar-refractivity contribution in [3.63, 3.8) is 0 Å². The van der Waals surface area contributed by atoms with E-state index in [-0.39, 0.29) is 11.9 Å². The maximum Gasteiger partial charge on any atom is 0.241 e. The third-order valence-corrected chi connectivity index (χ3v) is 5.79. The van der Waals surface area contributed by atoms with Crippen molar-refractivity contribution in [2.24, 2.45) is 0 Å². The molecule has 1 fully saturated rings. The molecule has 0 bridgehead atoms. The van der Waals surface area contributed by atoms with Gasteiger partial charge in [0.2, 0.25) is 5.91 Å². The summed E-state index contributed by atoms with van der Waals surface area (Å²) < 4.78 is 28.8. The van der Waals surface area contributed by atoms with Crippen LogP contribution in [0.4, 0.5) is 0 Å². The van der Waals surface area contributed by atoms with E-state index in [1.165, 1.54) is 6.92 Å². The highest BCUT2D eigenvalue weighted by atomic mass is 32.2. The zero-order valence-corrected chi connectivity index (χ0v) is 14.2. The van der Waals surface area contributed by atoms with Gasteiger partial charge in [0.05, 0.1) is 12.8 Å². The van der Waals surface area contributed by atoms with E-state index in [0.717, 1.165) is 32.2 Å². The molecule has 1 atom stereocenters. The van der Waals surface area contributed by atoms with Crippen LogP contribution in [-0.4, -0.2) is 61.8 Å². The van der Waals surface area contributed by atoms with Crippen molar-refractivity contribution in [2.75, 3.05) is 26.4 Å². The highest BCUT2D eigenvalue weighted by molar-refractivity contribution is 7.92. The van der Waals surface area contributed by atoms with Gasteiger partial charge in [0.15, 0.2) is 9.84 Å². The molecule has 1 amide bonds. The minimum atomic E-state index is -3.41. The zero-order valence-electron chi connectivity index (χ0n) is 13.4. The third-order valence-electron chi connectivity index (χ3n) is 4.31. The number of hydrogen-bond donors (Lipinski definition) is 0. The molecule has 22 heavy (non-hydrogen) atoms. The molecule has 2 heterocycles. The molecule has 0 spiro atoms. The summed E-state index contributed by atoms with van der Waals surface area (Å²) in [7, 11) is -1.36. The predicted molar refractivity (Wildman–Crippen MR) is 84.1 cm³/mol. The summed E-state index contributed by atoms with van der Waals surface area (Å²) in [6.45, 7) is 3.58. The Bertz CT molecular complexity index is 589. The Hall–Kier alpha value is -1.34. The second-order valence-corrected chi connectivity index (χ2v) is 8.42. The van der Waals surface area contributed by atoms with E-state index in [9.17, 15) is 13.2 Å². The van der Waals surface area contributed by atoms with Gasteiger partial charge in [-0.3, -0.25) is 4.79 Å². The Morgan fingerprint density at radius 2 is 2.09 bits per heavy atom. The van der Waals surface area contributed by atoms with Crippen LogP contribution in [-0.2, 0) is 21.2 Å². The molecule has 0 unspecified atom stereocenters. The van der Waals surface area contributed by atoms with Gasteiger partial charge in [-0.1, -0.05) is 0 Å². The van der Waals surface area contributed by atoms with Crippen molar-refractivity contribution in [1.82, 2.24) is 9.80 Å². The quantitative estimate of drug-likeness (QED) is 0.810. The lowest BCUT2D eigenvalue weighted by Gasteiger charge is -2.37. The molecule has 124 valence electrons. The monoisotopic (exact) mass is 328 g/mol. The van der Waals surface area contributed by atoms with Crippen molar-refractivity contribution in [3.8, 4) is 0 Å². The molecule has 1 aromatic rings. The van der Waals surface area contributed by atoms with Gasteiger partial charge < -0.3 is 14.2 Å². The average Bonchev–Trinajstić information content (AvgIpc) is 2.96. The van der Waals surface area contributed by atoms with E-state index < -0.39 is 15.1 Å².